The number of rotatable bonds is 5. The van der Waals surface area contributed by atoms with E-state index in [4.69, 9.17) is 11.6 Å². The fraction of sp³-hybridized carbons (Fsp3) is 0.462. The first-order valence-electron chi connectivity index (χ1n) is 6.05. The lowest BCUT2D eigenvalue weighted by atomic mass is 10.3. The van der Waals surface area contributed by atoms with E-state index < -0.39 is 10.8 Å². The van der Waals surface area contributed by atoms with Crippen molar-refractivity contribution >= 4 is 33.4 Å². The molecule has 2 aromatic rings. The van der Waals surface area contributed by atoms with Gasteiger partial charge < -0.3 is 4.57 Å². The molecule has 19 heavy (non-hydrogen) atoms. The third-order valence-corrected chi connectivity index (χ3v) is 4.84. The molecule has 0 fully saturated rings. The summed E-state index contributed by atoms with van der Waals surface area (Å²) in [5, 5.41) is 0.112. The van der Waals surface area contributed by atoms with Crippen molar-refractivity contribution < 1.29 is 8.60 Å². The highest BCUT2D eigenvalue weighted by Gasteiger charge is 2.13. The minimum atomic E-state index is -0.844. The molecule has 2 atom stereocenters. The van der Waals surface area contributed by atoms with Crippen LogP contribution in [0.2, 0.25) is 0 Å². The highest BCUT2D eigenvalue weighted by Crippen LogP contribution is 2.20. The van der Waals surface area contributed by atoms with E-state index in [2.05, 4.69) is 4.98 Å². The number of fused-ring (bicyclic) bond motifs is 1. The van der Waals surface area contributed by atoms with Crippen molar-refractivity contribution in [2.75, 3.05) is 6.26 Å². The Morgan fingerprint density at radius 1 is 1.53 bits per heavy atom. The number of halogens is 2. The van der Waals surface area contributed by atoms with Crippen LogP contribution in [0.25, 0.3) is 11.0 Å². The van der Waals surface area contributed by atoms with Crippen molar-refractivity contribution in [1.29, 1.82) is 0 Å². The predicted octanol–water partition coefficient (Wildman–Crippen LogP) is 3.07. The standard InChI is InChI=1S/C13H16ClFN2OS/c1-9(19(2)18)5-6-17-12-4-3-10(15)7-11(12)16-13(17)8-14/h3-4,7,9H,5-6,8H2,1-2H3. The predicted molar refractivity (Wildman–Crippen MR) is 77.4 cm³/mol. The van der Waals surface area contributed by atoms with Gasteiger partial charge in [-0.15, -0.1) is 11.6 Å². The molecule has 104 valence electrons. The zero-order chi connectivity index (χ0) is 14.0. The van der Waals surface area contributed by atoms with Crippen LogP contribution in [0.5, 0.6) is 0 Å². The molecule has 0 aliphatic carbocycles. The molecule has 0 saturated heterocycles. The Morgan fingerprint density at radius 3 is 2.89 bits per heavy atom. The summed E-state index contributed by atoms with van der Waals surface area (Å²) in [6.45, 7) is 2.64. The molecule has 0 N–H and O–H groups in total. The molecule has 0 bridgehead atoms. The Hall–Kier alpha value is -0.940. The molecule has 3 nitrogen and oxygen atoms in total. The van der Waals surface area contributed by atoms with Gasteiger partial charge in [0.2, 0.25) is 0 Å². The van der Waals surface area contributed by atoms with Crippen LogP contribution in [0.4, 0.5) is 4.39 Å². The summed E-state index contributed by atoms with van der Waals surface area (Å²) in [6, 6.07) is 4.53. The fourth-order valence-electron chi connectivity index (χ4n) is 1.98. The summed E-state index contributed by atoms with van der Waals surface area (Å²) in [7, 11) is -0.844. The van der Waals surface area contributed by atoms with Gasteiger partial charge in [0.25, 0.3) is 0 Å². The van der Waals surface area contributed by atoms with Crippen molar-refractivity contribution in [3.63, 3.8) is 0 Å². The molecular formula is C13H16ClFN2OS. The van der Waals surface area contributed by atoms with Crippen molar-refractivity contribution in [3.8, 4) is 0 Å². The van der Waals surface area contributed by atoms with E-state index in [1.54, 1.807) is 12.3 Å². The van der Waals surface area contributed by atoms with E-state index in [1.165, 1.54) is 12.1 Å². The zero-order valence-corrected chi connectivity index (χ0v) is 12.5. The van der Waals surface area contributed by atoms with Gasteiger partial charge in [0.15, 0.2) is 0 Å². The van der Waals surface area contributed by atoms with Gasteiger partial charge >= 0.3 is 0 Å². The van der Waals surface area contributed by atoms with Crippen LogP contribution < -0.4 is 0 Å². The number of hydrogen-bond donors (Lipinski definition) is 0. The van der Waals surface area contributed by atoms with Crippen LogP contribution >= 0.6 is 11.6 Å². The van der Waals surface area contributed by atoms with Crippen LogP contribution in [0, 0.1) is 5.82 Å². The van der Waals surface area contributed by atoms with Crippen molar-refractivity contribution in [2.24, 2.45) is 0 Å². The molecule has 2 unspecified atom stereocenters. The Labute approximate surface area is 119 Å². The summed E-state index contributed by atoms with van der Waals surface area (Å²) in [5.74, 6) is 0.692. The minimum absolute atomic E-state index is 0.112. The van der Waals surface area contributed by atoms with Gasteiger partial charge in [-0.1, -0.05) is 6.92 Å². The number of benzene rings is 1. The van der Waals surface area contributed by atoms with Gasteiger partial charge in [-0.2, -0.15) is 0 Å². The summed E-state index contributed by atoms with van der Waals surface area (Å²) < 4.78 is 26.5. The Balaban J connectivity index is 2.32. The second kappa shape index (κ2) is 6.01. The van der Waals surface area contributed by atoms with E-state index in [0.717, 1.165) is 17.8 Å². The van der Waals surface area contributed by atoms with Crippen LogP contribution in [0.15, 0.2) is 18.2 Å². The van der Waals surface area contributed by atoms with Crippen LogP contribution in [-0.4, -0.2) is 25.3 Å². The third-order valence-electron chi connectivity index (χ3n) is 3.23. The molecule has 1 heterocycles. The summed E-state index contributed by atoms with van der Waals surface area (Å²) in [6.07, 6.45) is 2.48. The van der Waals surface area contributed by atoms with E-state index in [9.17, 15) is 8.60 Å². The molecule has 1 aromatic heterocycles. The maximum absolute atomic E-state index is 13.2. The van der Waals surface area contributed by atoms with Gasteiger partial charge in [-0.05, 0) is 18.6 Å². The molecule has 0 aliphatic rings. The van der Waals surface area contributed by atoms with E-state index >= 15 is 0 Å². The molecule has 6 heteroatoms. The van der Waals surface area contributed by atoms with Crippen molar-refractivity contribution in [1.82, 2.24) is 9.55 Å². The third kappa shape index (κ3) is 3.15. The molecular weight excluding hydrogens is 287 g/mol. The number of alkyl halides is 1. The molecule has 0 aliphatic heterocycles. The van der Waals surface area contributed by atoms with Gasteiger partial charge in [0.1, 0.15) is 11.6 Å². The van der Waals surface area contributed by atoms with Crippen LogP contribution in [0.3, 0.4) is 0 Å². The summed E-state index contributed by atoms with van der Waals surface area (Å²) in [5.41, 5.74) is 1.48. The first-order valence-corrected chi connectivity index (χ1v) is 8.21. The lowest BCUT2D eigenvalue weighted by Crippen LogP contribution is -2.13. The number of aryl methyl sites for hydroxylation is 1. The number of nitrogens with zero attached hydrogens (tertiary/aromatic N) is 2. The van der Waals surface area contributed by atoms with Crippen molar-refractivity contribution in [2.45, 2.75) is 31.0 Å². The Morgan fingerprint density at radius 2 is 2.26 bits per heavy atom. The lowest BCUT2D eigenvalue weighted by Gasteiger charge is -2.11. The van der Waals surface area contributed by atoms with Gasteiger partial charge in [0.05, 0.1) is 16.9 Å². The first kappa shape index (κ1) is 14.5. The molecule has 1 aromatic carbocycles. The Kier molecular flexibility index (Phi) is 4.58. The topological polar surface area (TPSA) is 34.9 Å². The maximum Gasteiger partial charge on any atom is 0.125 e. The van der Waals surface area contributed by atoms with Gasteiger partial charge in [-0.3, -0.25) is 4.21 Å². The van der Waals surface area contributed by atoms with Gasteiger partial charge in [0, 0.05) is 34.9 Å². The van der Waals surface area contributed by atoms with Gasteiger partial charge in [-0.25, -0.2) is 9.37 Å². The number of imidazole rings is 1. The molecule has 0 saturated carbocycles. The quantitative estimate of drug-likeness (QED) is 0.796. The second-order valence-corrected chi connectivity index (χ2v) is 6.61. The normalized spacial score (nSPS) is 14.7. The van der Waals surface area contributed by atoms with Crippen molar-refractivity contribution in [3.05, 3.63) is 29.8 Å². The summed E-state index contributed by atoms with van der Waals surface area (Å²) >= 11 is 5.88. The minimum Gasteiger partial charge on any atom is -0.327 e. The second-order valence-electron chi connectivity index (χ2n) is 4.54. The monoisotopic (exact) mass is 302 g/mol. The maximum atomic E-state index is 13.2. The molecule has 0 spiro atoms. The Bertz CT molecular complexity index is 614. The zero-order valence-electron chi connectivity index (χ0n) is 10.9. The van der Waals surface area contributed by atoms with Crippen LogP contribution in [-0.2, 0) is 23.2 Å². The average molecular weight is 303 g/mol. The highest BCUT2D eigenvalue weighted by molar-refractivity contribution is 7.84. The number of aromatic nitrogens is 2. The van der Waals surface area contributed by atoms with Crippen LogP contribution in [0.1, 0.15) is 19.2 Å². The van der Waals surface area contributed by atoms with E-state index in [0.29, 0.717) is 12.1 Å². The highest BCUT2D eigenvalue weighted by atomic mass is 35.5. The smallest absolute Gasteiger partial charge is 0.125 e. The molecule has 0 radical (unpaired) electrons. The fourth-order valence-corrected chi connectivity index (χ4v) is 2.62. The molecule has 0 amide bonds. The SMILES string of the molecule is CC(CCn1c(CCl)nc2cc(F)ccc21)S(C)=O. The summed E-state index contributed by atoms with van der Waals surface area (Å²) in [4.78, 5) is 4.33. The lowest BCUT2D eigenvalue weighted by molar-refractivity contribution is 0.616. The average Bonchev–Trinajstić information content (AvgIpc) is 2.72. The first-order chi connectivity index (χ1) is 9.02. The largest absolute Gasteiger partial charge is 0.327 e. The molecule has 2 rings (SSSR count). The van der Waals surface area contributed by atoms with E-state index in [-0.39, 0.29) is 16.9 Å². The van der Waals surface area contributed by atoms with E-state index in [1.807, 2.05) is 11.5 Å². The number of hydrogen-bond acceptors (Lipinski definition) is 2.